The van der Waals surface area contributed by atoms with Gasteiger partial charge in [0.05, 0.1) is 5.52 Å². The smallest absolute Gasteiger partial charge is 0.126 e. The van der Waals surface area contributed by atoms with E-state index in [1.54, 1.807) is 7.11 Å². The van der Waals surface area contributed by atoms with Gasteiger partial charge in [0.25, 0.3) is 0 Å². The quantitative estimate of drug-likeness (QED) is 0.793. The van der Waals surface area contributed by atoms with E-state index in [2.05, 4.69) is 24.1 Å². The number of fused-ring (bicyclic) bond motifs is 1. The van der Waals surface area contributed by atoms with E-state index in [0.29, 0.717) is 0 Å². The normalized spacial score (nSPS) is 11.8. The van der Waals surface area contributed by atoms with Crippen LogP contribution < -0.4 is 11.1 Å². The minimum Gasteiger partial charge on any atom is -0.399 e. The summed E-state index contributed by atoms with van der Waals surface area (Å²) in [4.78, 5) is 4.60. The standard InChI is InChI=1S/C16H23N3O/c1-16(2,8-9-20-3)11-18-15-7-4-12-10-13(17)5-6-14(12)19-15/h4-7,10H,8-9,11,17H2,1-3H3,(H,18,19). The number of pyridine rings is 1. The van der Waals surface area contributed by atoms with Crippen LogP contribution >= 0.6 is 0 Å². The van der Waals surface area contributed by atoms with Gasteiger partial charge in [0, 0.05) is 31.3 Å². The number of hydrogen-bond donors (Lipinski definition) is 2. The molecule has 0 saturated carbocycles. The lowest BCUT2D eigenvalue weighted by Gasteiger charge is -2.24. The van der Waals surface area contributed by atoms with Crippen molar-refractivity contribution < 1.29 is 4.74 Å². The molecule has 0 aliphatic heterocycles. The number of nitrogens with one attached hydrogen (secondary N) is 1. The van der Waals surface area contributed by atoms with Crippen LogP contribution in [0.25, 0.3) is 10.9 Å². The van der Waals surface area contributed by atoms with Crippen LogP contribution in [0.5, 0.6) is 0 Å². The number of rotatable bonds is 6. The Balaban J connectivity index is 2.05. The van der Waals surface area contributed by atoms with Gasteiger partial charge in [-0.05, 0) is 42.2 Å². The van der Waals surface area contributed by atoms with E-state index >= 15 is 0 Å². The van der Waals surface area contributed by atoms with Gasteiger partial charge in [-0.2, -0.15) is 0 Å². The first-order chi connectivity index (χ1) is 9.50. The van der Waals surface area contributed by atoms with Crippen molar-refractivity contribution in [3.63, 3.8) is 0 Å². The van der Waals surface area contributed by atoms with Crippen LogP contribution in [0.3, 0.4) is 0 Å². The van der Waals surface area contributed by atoms with Crippen LogP contribution in [-0.2, 0) is 4.74 Å². The minimum absolute atomic E-state index is 0.174. The molecule has 0 unspecified atom stereocenters. The van der Waals surface area contributed by atoms with E-state index in [9.17, 15) is 0 Å². The second-order valence-electron chi connectivity index (χ2n) is 5.91. The van der Waals surface area contributed by atoms with E-state index in [-0.39, 0.29) is 5.41 Å². The highest BCUT2D eigenvalue weighted by Gasteiger charge is 2.17. The summed E-state index contributed by atoms with van der Waals surface area (Å²) in [5, 5.41) is 4.47. The molecule has 0 atom stereocenters. The van der Waals surface area contributed by atoms with Crippen molar-refractivity contribution in [2.24, 2.45) is 5.41 Å². The molecule has 0 spiro atoms. The van der Waals surface area contributed by atoms with Gasteiger partial charge in [0.2, 0.25) is 0 Å². The molecule has 3 N–H and O–H groups in total. The van der Waals surface area contributed by atoms with Gasteiger partial charge in [0.15, 0.2) is 0 Å². The van der Waals surface area contributed by atoms with Crippen LogP contribution in [0.15, 0.2) is 30.3 Å². The molecule has 2 aromatic rings. The molecular formula is C16H23N3O. The Morgan fingerprint density at radius 1 is 1.25 bits per heavy atom. The molecule has 0 aliphatic rings. The molecule has 0 bridgehead atoms. The Labute approximate surface area is 120 Å². The van der Waals surface area contributed by atoms with Gasteiger partial charge in [-0.15, -0.1) is 0 Å². The van der Waals surface area contributed by atoms with Gasteiger partial charge in [-0.1, -0.05) is 13.8 Å². The predicted octanol–water partition coefficient (Wildman–Crippen LogP) is 3.29. The topological polar surface area (TPSA) is 60.2 Å². The van der Waals surface area contributed by atoms with Crippen LogP contribution in [0, 0.1) is 5.41 Å². The zero-order valence-electron chi connectivity index (χ0n) is 12.4. The Hall–Kier alpha value is -1.81. The number of benzene rings is 1. The maximum atomic E-state index is 5.77. The Kier molecular flexibility index (Phi) is 4.45. The summed E-state index contributed by atoms with van der Waals surface area (Å²) in [5.41, 5.74) is 7.67. The Morgan fingerprint density at radius 2 is 2.05 bits per heavy atom. The van der Waals surface area contributed by atoms with Crippen molar-refractivity contribution in [1.82, 2.24) is 4.98 Å². The summed E-state index contributed by atoms with van der Waals surface area (Å²) < 4.78 is 5.14. The van der Waals surface area contributed by atoms with Crippen molar-refractivity contribution in [2.75, 3.05) is 31.3 Å². The third kappa shape index (κ3) is 3.84. The Morgan fingerprint density at radius 3 is 2.80 bits per heavy atom. The number of anilines is 2. The second-order valence-corrected chi connectivity index (χ2v) is 5.91. The van der Waals surface area contributed by atoms with Crippen LogP contribution in [0.4, 0.5) is 11.5 Å². The monoisotopic (exact) mass is 273 g/mol. The molecule has 0 amide bonds. The first-order valence-electron chi connectivity index (χ1n) is 6.89. The molecule has 1 heterocycles. The summed E-state index contributed by atoms with van der Waals surface area (Å²) in [6.45, 7) is 6.09. The second kappa shape index (κ2) is 6.09. The SMILES string of the molecule is COCCC(C)(C)CNc1ccc2cc(N)ccc2n1. The van der Waals surface area contributed by atoms with E-state index in [1.165, 1.54) is 0 Å². The number of hydrogen-bond acceptors (Lipinski definition) is 4. The van der Waals surface area contributed by atoms with Gasteiger partial charge in [0.1, 0.15) is 5.82 Å². The highest BCUT2D eigenvalue weighted by molar-refractivity contribution is 5.83. The fourth-order valence-corrected chi connectivity index (χ4v) is 2.04. The number of nitrogens with zero attached hydrogens (tertiary/aromatic N) is 1. The predicted molar refractivity (Wildman–Crippen MR) is 84.9 cm³/mol. The molecule has 4 nitrogen and oxygen atoms in total. The third-order valence-electron chi connectivity index (χ3n) is 3.44. The molecule has 20 heavy (non-hydrogen) atoms. The largest absolute Gasteiger partial charge is 0.399 e. The van der Waals surface area contributed by atoms with Gasteiger partial charge in [-0.3, -0.25) is 0 Å². The molecule has 0 fully saturated rings. The zero-order valence-corrected chi connectivity index (χ0v) is 12.4. The van der Waals surface area contributed by atoms with Crippen LogP contribution in [0.1, 0.15) is 20.3 Å². The first kappa shape index (κ1) is 14.6. The lowest BCUT2D eigenvalue weighted by molar-refractivity contribution is 0.157. The Bertz CT molecular complexity index is 581. The van der Waals surface area contributed by atoms with E-state index < -0.39 is 0 Å². The number of methoxy groups -OCH3 is 1. The fraction of sp³-hybridized carbons (Fsp3) is 0.438. The molecule has 0 saturated heterocycles. The summed E-state index contributed by atoms with van der Waals surface area (Å²) in [6, 6.07) is 9.81. The lowest BCUT2D eigenvalue weighted by Crippen LogP contribution is -2.24. The average molecular weight is 273 g/mol. The summed E-state index contributed by atoms with van der Waals surface area (Å²) >= 11 is 0. The van der Waals surface area contributed by atoms with Crippen molar-refractivity contribution in [1.29, 1.82) is 0 Å². The zero-order chi connectivity index (χ0) is 14.6. The van der Waals surface area contributed by atoms with Crippen molar-refractivity contribution in [2.45, 2.75) is 20.3 Å². The molecule has 2 rings (SSSR count). The highest BCUT2D eigenvalue weighted by Crippen LogP contribution is 2.22. The summed E-state index contributed by atoms with van der Waals surface area (Å²) in [5.74, 6) is 0.896. The number of ether oxygens (including phenoxy) is 1. The number of aromatic nitrogens is 1. The summed E-state index contributed by atoms with van der Waals surface area (Å²) in [7, 11) is 1.74. The maximum Gasteiger partial charge on any atom is 0.126 e. The average Bonchev–Trinajstić information content (AvgIpc) is 2.43. The molecule has 4 heteroatoms. The molecule has 108 valence electrons. The van der Waals surface area contributed by atoms with E-state index in [0.717, 1.165) is 42.0 Å². The molecular weight excluding hydrogens is 250 g/mol. The van der Waals surface area contributed by atoms with Crippen molar-refractivity contribution in [3.05, 3.63) is 30.3 Å². The molecule has 0 radical (unpaired) electrons. The molecule has 1 aromatic carbocycles. The number of nitrogens with two attached hydrogens (primary N) is 1. The van der Waals surface area contributed by atoms with Crippen molar-refractivity contribution >= 4 is 22.4 Å². The van der Waals surface area contributed by atoms with Crippen molar-refractivity contribution in [3.8, 4) is 0 Å². The molecule has 1 aromatic heterocycles. The minimum atomic E-state index is 0.174. The lowest BCUT2D eigenvalue weighted by atomic mass is 9.90. The van der Waals surface area contributed by atoms with E-state index in [4.69, 9.17) is 10.5 Å². The number of nitrogen functional groups attached to an aromatic ring is 1. The third-order valence-corrected chi connectivity index (χ3v) is 3.44. The van der Waals surface area contributed by atoms with Crippen LogP contribution in [-0.4, -0.2) is 25.2 Å². The summed E-state index contributed by atoms with van der Waals surface area (Å²) in [6.07, 6.45) is 1.01. The van der Waals surface area contributed by atoms with E-state index in [1.807, 2.05) is 30.3 Å². The maximum absolute atomic E-state index is 5.77. The fourth-order valence-electron chi connectivity index (χ4n) is 2.04. The van der Waals surface area contributed by atoms with Crippen LogP contribution in [0.2, 0.25) is 0 Å². The highest BCUT2D eigenvalue weighted by atomic mass is 16.5. The van der Waals surface area contributed by atoms with Gasteiger partial charge >= 0.3 is 0 Å². The first-order valence-corrected chi connectivity index (χ1v) is 6.89. The van der Waals surface area contributed by atoms with Gasteiger partial charge < -0.3 is 15.8 Å². The van der Waals surface area contributed by atoms with Gasteiger partial charge in [-0.25, -0.2) is 4.98 Å². The molecule has 0 aliphatic carbocycles.